The molecule has 2 aromatic carbocycles. The average Bonchev–Trinajstić information content (AvgIpc) is 2.69. The fraction of sp³-hybridized carbons (Fsp3) is 0.350. The van der Waals surface area contributed by atoms with Gasteiger partial charge in [-0.2, -0.15) is 0 Å². The molecule has 3 rings (SSSR count). The molecular weight excluding hydrogens is 362 g/mol. The summed E-state index contributed by atoms with van der Waals surface area (Å²) in [5, 5.41) is 0. The van der Waals surface area contributed by atoms with Crippen molar-refractivity contribution in [3.05, 3.63) is 65.7 Å². The lowest BCUT2D eigenvalue weighted by Crippen LogP contribution is -2.47. The number of nitrogens with zero attached hydrogens (tertiary/aromatic N) is 2. The molecule has 1 N–H and O–H groups in total. The second-order valence-electron chi connectivity index (χ2n) is 6.75. The number of nitrogens with one attached hydrogen (secondary N) is 1. The lowest BCUT2D eigenvalue weighted by Gasteiger charge is -2.32. The molecule has 0 unspecified atom stereocenters. The lowest BCUT2D eigenvalue weighted by molar-refractivity contribution is 0.0664. The number of amides is 1. The molecule has 144 valence electrons. The normalized spacial score (nSPS) is 15.7. The Morgan fingerprint density at radius 3 is 2.22 bits per heavy atom. The summed E-state index contributed by atoms with van der Waals surface area (Å²) in [6.07, 6.45) is 0.625. The number of hydrogen-bond donors (Lipinski definition) is 1. The molecule has 1 aliphatic rings. The maximum absolute atomic E-state index is 12.5. The number of hydrogen-bond acceptors (Lipinski definition) is 4. The largest absolute Gasteiger partial charge is 0.336 e. The van der Waals surface area contributed by atoms with Crippen LogP contribution in [0.1, 0.15) is 15.9 Å². The van der Waals surface area contributed by atoms with Crippen LogP contribution in [0.2, 0.25) is 0 Å². The Hall–Kier alpha value is -2.22. The molecule has 0 atom stereocenters. The van der Waals surface area contributed by atoms with Gasteiger partial charge in [-0.15, -0.1) is 0 Å². The van der Waals surface area contributed by atoms with Gasteiger partial charge in [0.1, 0.15) is 0 Å². The molecule has 7 heteroatoms. The van der Waals surface area contributed by atoms with E-state index in [9.17, 15) is 13.2 Å². The topological polar surface area (TPSA) is 69.7 Å². The molecule has 0 saturated carbocycles. The van der Waals surface area contributed by atoms with E-state index in [0.717, 1.165) is 18.7 Å². The number of carbonyl (C=O) groups excluding carboxylic acids is 1. The van der Waals surface area contributed by atoms with E-state index in [4.69, 9.17) is 0 Å². The Morgan fingerprint density at radius 2 is 1.59 bits per heavy atom. The summed E-state index contributed by atoms with van der Waals surface area (Å²) in [5.74, 6) is -0.0518. The van der Waals surface area contributed by atoms with Crippen LogP contribution in [0.3, 0.4) is 0 Å². The molecule has 1 heterocycles. The highest BCUT2D eigenvalue weighted by Crippen LogP contribution is 2.13. The van der Waals surface area contributed by atoms with Gasteiger partial charge in [0.05, 0.1) is 4.90 Å². The third kappa shape index (κ3) is 5.15. The molecule has 1 fully saturated rings. The Kier molecular flexibility index (Phi) is 6.26. The van der Waals surface area contributed by atoms with Gasteiger partial charge in [0, 0.05) is 38.3 Å². The van der Waals surface area contributed by atoms with Crippen LogP contribution in [0, 0.1) is 0 Å². The van der Waals surface area contributed by atoms with Crippen molar-refractivity contribution in [1.82, 2.24) is 14.5 Å². The summed E-state index contributed by atoms with van der Waals surface area (Å²) < 4.78 is 27.5. The molecule has 6 nitrogen and oxygen atoms in total. The summed E-state index contributed by atoms with van der Waals surface area (Å²) in [7, 11) is -1.55. The van der Waals surface area contributed by atoms with Gasteiger partial charge in [-0.1, -0.05) is 30.3 Å². The fourth-order valence-electron chi connectivity index (χ4n) is 3.03. The Balaban J connectivity index is 1.59. The van der Waals surface area contributed by atoms with Gasteiger partial charge in [-0.05, 0) is 43.3 Å². The van der Waals surface area contributed by atoms with Crippen LogP contribution >= 0.6 is 0 Å². The van der Waals surface area contributed by atoms with Crippen LogP contribution in [0.15, 0.2) is 59.5 Å². The molecule has 1 saturated heterocycles. The van der Waals surface area contributed by atoms with E-state index in [1.807, 2.05) is 42.3 Å². The average molecular weight is 388 g/mol. The van der Waals surface area contributed by atoms with Crippen molar-refractivity contribution < 1.29 is 13.2 Å². The second kappa shape index (κ2) is 8.65. The molecule has 1 aliphatic heterocycles. The number of likely N-dealkylation sites (N-methyl/N-ethyl adjacent to an activating group) is 1. The minimum atomic E-state index is -3.59. The van der Waals surface area contributed by atoms with Gasteiger partial charge in [0.25, 0.3) is 5.91 Å². The van der Waals surface area contributed by atoms with Crippen molar-refractivity contribution in [3.63, 3.8) is 0 Å². The van der Waals surface area contributed by atoms with Crippen molar-refractivity contribution in [2.45, 2.75) is 11.3 Å². The minimum absolute atomic E-state index is 0.0518. The first-order chi connectivity index (χ1) is 13.0. The van der Waals surface area contributed by atoms with Gasteiger partial charge in [0.15, 0.2) is 0 Å². The van der Waals surface area contributed by atoms with Crippen LogP contribution in [0.25, 0.3) is 0 Å². The highest BCUT2D eigenvalue weighted by Gasteiger charge is 2.21. The van der Waals surface area contributed by atoms with Crippen molar-refractivity contribution in [3.8, 4) is 0 Å². The molecule has 0 radical (unpaired) electrons. The van der Waals surface area contributed by atoms with E-state index in [-0.39, 0.29) is 10.8 Å². The Labute approximate surface area is 160 Å². The van der Waals surface area contributed by atoms with Crippen LogP contribution in [-0.4, -0.2) is 63.9 Å². The second-order valence-corrected chi connectivity index (χ2v) is 8.52. The highest BCUT2D eigenvalue weighted by atomic mass is 32.2. The molecule has 27 heavy (non-hydrogen) atoms. The third-order valence-electron chi connectivity index (χ3n) is 4.75. The van der Waals surface area contributed by atoms with Gasteiger partial charge in [-0.3, -0.25) is 4.79 Å². The van der Waals surface area contributed by atoms with Gasteiger partial charge >= 0.3 is 0 Å². The van der Waals surface area contributed by atoms with E-state index < -0.39 is 10.0 Å². The monoisotopic (exact) mass is 387 g/mol. The maximum atomic E-state index is 12.5. The molecule has 0 aromatic heterocycles. The first-order valence-electron chi connectivity index (χ1n) is 9.07. The van der Waals surface area contributed by atoms with Crippen LogP contribution < -0.4 is 4.72 Å². The standard InChI is InChI=1S/C20H25N3O3S/c1-22-13-15-23(16-14-22)20(24)18-7-9-19(10-8-18)27(25,26)21-12-11-17-5-3-2-4-6-17/h2-10,21H,11-16H2,1H3. The smallest absolute Gasteiger partial charge is 0.253 e. The molecule has 0 spiro atoms. The Bertz CT molecular complexity index is 859. The first-order valence-corrected chi connectivity index (χ1v) is 10.6. The summed E-state index contributed by atoms with van der Waals surface area (Å²) in [4.78, 5) is 16.7. The predicted molar refractivity (Wildman–Crippen MR) is 105 cm³/mol. The SMILES string of the molecule is CN1CCN(C(=O)c2ccc(S(=O)(=O)NCCc3ccccc3)cc2)CC1. The molecule has 0 bridgehead atoms. The van der Waals surface area contributed by atoms with E-state index in [1.165, 1.54) is 12.1 Å². The zero-order valence-electron chi connectivity index (χ0n) is 15.5. The summed E-state index contributed by atoms with van der Waals surface area (Å²) in [6, 6.07) is 15.9. The van der Waals surface area contributed by atoms with E-state index >= 15 is 0 Å². The van der Waals surface area contributed by atoms with Gasteiger partial charge in [-0.25, -0.2) is 13.1 Å². The number of rotatable bonds is 6. The van der Waals surface area contributed by atoms with Crippen molar-refractivity contribution >= 4 is 15.9 Å². The molecule has 2 aromatic rings. The quantitative estimate of drug-likeness (QED) is 0.817. The highest BCUT2D eigenvalue weighted by molar-refractivity contribution is 7.89. The summed E-state index contributed by atoms with van der Waals surface area (Å²) in [5.41, 5.74) is 1.59. The minimum Gasteiger partial charge on any atom is -0.336 e. The molecule has 1 amide bonds. The molecular formula is C20H25N3O3S. The fourth-order valence-corrected chi connectivity index (χ4v) is 4.06. The van der Waals surface area contributed by atoms with E-state index in [1.54, 1.807) is 12.1 Å². The van der Waals surface area contributed by atoms with Crippen molar-refractivity contribution in [1.29, 1.82) is 0 Å². The lowest BCUT2D eigenvalue weighted by atomic mass is 10.2. The summed E-state index contributed by atoms with van der Waals surface area (Å²) >= 11 is 0. The van der Waals surface area contributed by atoms with Crippen molar-refractivity contribution in [2.24, 2.45) is 0 Å². The number of sulfonamides is 1. The number of benzene rings is 2. The van der Waals surface area contributed by atoms with E-state index in [2.05, 4.69) is 9.62 Å². The van der Waals surface area contributed by atoms with Gasteiger partial charge in [0.2, 0.25) is 10.0 Å². The van der Waals surface area contributed by atoms with Crippen LogP contribution in [0.5, 0.6) is 0 Å². The molecule has 0 aliphatic carbocycles. The van der Waals surface area contributed by atoms with E-state index in [0.29, 0.717) is 31.6 Å². The summed E-state index contributed by atoms with van der Waals surface area (Å²) in [6.45, 7) is 3.41. The zero-order valence-corrected chi connectivity index (χ0v) is 16.3. The number of piperazine rings is 1. The van der Waals surface area contributed by atoms with Crippen LogP contribution in [0.4, 0.5) is 0 Å². The van der Waals surface area contributed by atoms with Gasteiger partial charge < -0.3 is 9.80 Å². The first kappa shape index (κ1) is 19.5. The predicted octanol–water partition coefficient (Wildman–Crippen LogP) is 1.60. The third-order valence-corrected chi connectivity index (χ3v) is 6.23. The van der Waals surface area contributed by atoms with Crippen molar-refractivity contribution in [2.75, 3.05) is 39.8 Å². The Morgan fingerprint density at radius 1 is 0.963 bits per heavy atom. The zero-order chi connectivity index (χ0) is 19.3. The maximum Gasteiger partial charge on any atom is 0.253 e. The number of carbonyl (C=O) groups is 1. The van der Waals surface area contributed by atoms with Crippen LogP contribution in [-0.2, 0) is 16.4 Å².